The van der Waals surface area contributed by atoms with Crippen molar-refractivity contribution in [3.05, 3.63) is 95.3 Å². The van der Waals surface area contributed by atoms with Gasteiger partial charge in [0.2, 0.25) is 11.8 Å². The number of anilines is 1. The van der Waals surface area contributed by atoms with Crippen molar-refractivity contribution in [2.75, 3.05) is 10.8 Å². The van der Waals surface area contributed by atoms with Gasteiger partial charge in [0.05, 0.1) is 10.6 Å². The van der Waals surface area contributed by atoms with Gasteiger partial charge in [-0.2, -0.15) is 0 Å². The number of nitrogens with zero attached hydrogens (tertiary/aromatic N) is 2. The summed E-state index contributed by atoms with van der Waals surface area (Å²) < 4.78 is 42.2. The zero-order chi connectivity index (χ0) is 28.9. The van der Waals surface area contributed by atoms with Crippen molar-refractivity contribution in [3.63, 3.8) is 0 Å². The van der Waals surface area contributed by atoms with Crippen molar-refractivity contribution < 1.29 is 22.4 Å². The van der Waals surface area contributed by atoms with Crippen LogP contribution < -0.4 is 9.62 Å². The van der Waals surface area contributed by atoms with Gasteiger partial charge >= 0.3 is 0 Å². The van der Waals surface area contributed by atoms with Gasteiger partial charge in [-0.1, -0.05) is 60.4 Å². The van der Waals surface area contributed by atoms with Gasteiger partial charge in [0, 0.05) is 12.6 Å². The van der Waals surface area contributed by atoms with E-state index < -0.39 is 34.3 Å². The molecule has 7 nitrogen and oxygen atoms in total. The number of sulfonamides is 1. The van der Waals surface area contributed by atoms with Gasteiger partial charge in [-0.3, -0.25) is 13.9 Å². The summed E-state index contributed by atoms with van der Waals surface area (Å²) in [5.41, 5.74) is 3.06. The average molecular weight is 566 g/mol. The predicted octanol–water partition coefficient (Wildman–Crippen LogP) is 5.11. The second-order valence-electron chi connectivity index (χ2n) is 10.5. The van der Waals surface area contributed by atoms with Crippen LogP contribution in [0.5, 0.6) is 0 Å². The van der Waals surface area contributed by atoms with Crippen LogP contribution in [0.2, 0.25) is 0 Å². The molecule has 3 aromatic rings. The molecule has 0 radical (unpaired) electrons. The van der Waals surface area contributed by atoms with Crippen molar-refractivity contribution in [3.8, 4) is 0 Å². The number of carbonyl (C=O) groups excluding carboxylic acids is 2. The van der Waals surface area contributed by atoms with Gasteiger partial charge in [-0.15, -0.1) is 0 Å². The number of rotatable bonds is 10. The molecular formula is C31H36FN3O4S. The number of aryl methyl sites for hydroxylation is 2. The highest BCUT2D eigenvalue weighted by Crippen LogP contribution is 2.25. The monoisotopic (exact) mass is 565 g/mol. The minimum Gasteiger partial charge on any atom is -0.352 e. The maximum atomic E-state index is 14.0. The molecule has 0 spiro atoms. The third-order valence-electron chi connectivity index (χ3n) is 7.31. The summed E-state index contributed by atoms with van der Waals surface area (Å²) in [4.78, 5) is 28.5. The minimum atomic E-state index is -4.24. The molecule has 0 saturated heterocycles. The third-order valence-corrected chi connectivity index (χ3v) is 9.09. The molecule has 0 aromatic heterocycles. The molecule has 1 saturated carbocycles. The molecule has 3 aromatic carbocycles. The maximum Gasteiger partial charge on any atom is 0.264 e. The van der Waals surface area contributed by atoms with E-state index in [9.17, 15) is 22.4 Å². The second-order valence-corrected chi connectivity index (χ2v) is 12.3. The van der Waals surface area contributed by atoms with E-state index >= 15 is 0 Å². The zero-order valence-corrected chi connectivity index (χ0v) is 24.0. The van der Waals surface area contributed by atoms with Crippen LogP contribution in [0.15, 0.2) is 77.7 Å². The number of benzene rings is 3. The number of hydrogen-bond acceptors (Lipinski definition) is 4. The fourth-order valence-corrected chi connectivity index (χ4v) is 6.37. The molecule has 1 N–H and O–H groups in total. The number of amides is 2. The summed E-state index contributed by atoms with van der Waals surface area (Å²) in [5, 5.41) is 3.06. The molecule has 1 fully saturated rings. The standard InChI is InChI=1S/C31H36FN3O4S/c1-22-11-15-28(16-12-22)35(40(38,39)29-17-13-26(32)14-18-29)21-30(36)34(20-25-8-6-7-23(2)19-25)24(3)31(37)33-27-9-4-5-10-27/h6-8,11-19,24,27H,4-5,9-10,20-21H2,1-3H3,(H,33,37)/t24-/m1/s1. The van der Waals surface area contributed by atoms with Crippen LogP contribution in [0, 0.1) is 19.7 Å². The molecule has 1 aliphatic rings. The van der Waals surface area contributed by atoms with E-state index in [1.807, 2.05) is 38.1 Å². The highest BCUT2D eigenvalue weighted by atomic mass is 32.2. The molecule has 4 rings (SSSR count). The number of nitrogens with one attached hydrogen (secondary N) is 1. The van der Waals surface area contributed by atoms with E-state index in [-0.39, 0.29) is 23.4 Å². The smallest absolute Gasteiger partial charge is 0.264 e. The van der Waals surface area contributed by atoms with E-state index in [1.165, 1.54) is 17.0 Å². The first-order chi connectivity index (χ1) is 19.0. The first-order valence-corrected chi connectivity index (χ1v) is 15.0. The van der Waals surface area contributed by atoms with E-state index in [1.54, 1.807) is 31.2 Å². The lowest BCUT2D eigenvalue weighted by atomic mass is 10.1. The lowest BCUT2D eigenvalue weighted by molar-refractivity contribution is -0.139. The SMILES string of the molecule is Cc1ccc(N(CC(=O)N(Cc2cccc(C)c2)[C@H](C)C(=O)NC2CCCC2)S(=O)(=O)c2ccc(F)cc2)cc1. The Morgan fingerprint density at radius 3 is 2.23 bits per heavy atom. The summed E-state index contributed by atoms with van der Waals surface area (Å²) in [6.45, 7) is 5.10. The van der Waals surface area contributed by atoms with E-state index in [0.29, 0.717) is 5.69 Å². The second kappa shape index (κ2) is 12.6. The summed E-state index contributed by atoms with van der Waals surface area (Å²) in [7, 11) is -4.24. The number of hydrogen-bond donors (Lipinski definition) is 1. The Balaban J connectivity index is 1.68. The van der Waals surface area contributed by atoms with Gasteiger partial charge in [0.25, 0.3) is 10.0 Å². The number of halogens is 1. The van der Waals surface area contributed by atoms with Crippen LogP contribution >= 0.6 is 0 Å². The van der Waals surface area contributed by atoms with E-state index in [4.69, 9.17) is 0 Å². The third kappa shape index (κ3) is 7.07. The summed E-state index contributed by atoms with van der Waals surface area (Å²) in [6, 6.07) is 18.2. The van der Waals surface area contributed by atoms with E-state index in [0.717, 1.165) is 58.8 Å². The summed E-state index contributed by atoms with van der Waals surface area (Å²) >= 11 is 0. The van der Waals surface area contributed by atoms with Gasteiger partial charge in [-0.05, 0) is 75.6 Å². The van der Waals surface area contributed by atoms with Gasteiger partial charge in [-0.25, -0.2) is 12.8 Å². The van der Waals surface area contributed by atoms with Crippen molar-refractivity contribution in [1.29, 1.82) is 0 Å². The number of carbonyl (C=O) groups is 2. The first-order valence-electron chi connectivity index (χ1n) is 13.5. The molecule has 0 unspecified atom stereocenters. The molecule has 40 heavy (non-hydrogen) atoms. The topological polar surface area (TPSA) is 86.8 Å². The Kier molecular flexibility index (Phi) is 9.25. The van der Waals surface area contributed by atoms with Crippen molar-refractivity contribution in [2.45, 2.75) is 70.0 Å². The Labute approximate surface area is 236 Å². The normalized spacial score (nSPS) is 14.5. The van der Waals surface area contributed by atoms with Crippen LogP contribution in [0.3, 0.4) is 0 Å². The van der Waals surface area contributed by atoms with Crippen LogP contribution in [0.4, 0.5) is 10.1 Å². The van der Waals surface area contributed by atoms with Crippen LogP contribution in [-0.2, 0) is 26.2 Å². The fourth-order valence-electron chi connectivity index (χ4n) is 4.96. The molecule has 0 aliphatic heterocycles. The molecule has 212 valence electrons. The first kappa shape index (κ1) is 29.3. The molecular weight excluding hydrogens is 529 g/mol. The Morgan fingerprint density at radius 1 is 0.950 bits per heavy atom. The summed E-state index contributed by atoms with van der Waals surface area (Å²) in [6.07, 6.45) is 3.92. The Bertz CT molecular complexity index is 1440. The van der Waals surface area contributed by atoms with Crippen molar-refractivity contribution in [1.82, 2.24) is 10.2 Å². The van der Waals surface area contributed by atoms with E-state index in [2.05, 4.69) is 5.32 Å². The molecule has 0 bridgehead atoms. The minimum absolute atomic E-state index is 0.0776. The van der Waals surface area contributed by atoms with Crippen LogP contribution in [0.1, 0.15) is 49.3 Å². The zero-order valence-electron chi connectivity index (χ0n) is 23.1. The van der Waals surface area contributed by atoms with Gasteiger partial charge < -0.3 is 10.2 Å². The highest BCUT2D eigenvalue weighted by Gasteiger charge is 2.33. The largest absolute Gasteiger partial charge is 0.352 e. The van der Waals surface area contributed by atoms with Crippen LogP contribution in [0.25, 0.3) is 0 Å². The fraction of sp³-hybridized carbons (Fsp3) is 0.355. The molecule has 1 atom stereocenters. The van der Waals surface area contributed by atoms with Gasteiger partial charge in [0.1, 0.15) is 18.4 Å². The molecule has 2 amide bonds. The highest BCUT2D eigenvalue weighted by molar-refractivity contribution is 7.92. The van der Waals surface area contributed by atoms with Gasteiger partial charge in [0.15, 0.2) is 0 Å². The lowest BCUT2D eigenvalue weighted by Gasteiger charge is -2.32. The van der Waals surface area contributed by atoms with Crippen molar-refractivity contribution in [2.24, 2.45) is 0 Å². The van der Waals surface area contributed by atoms with Crippen LogP contribution in [-0.4, -0.2) is 43.8 Å². The Morgan fingerprint density at radius 2 is 1.60 bits per heavy atom. The molecule has 1 aliphatic carbocycles. The maximum absolute atomic E-state index is 14.0. The summed E-state index contributed by atoms with van der Waals surface area (Å²) in [5.74, 6) is -1.36. The average Bonchev–Trinajstić information content (AvgIpc) is 3.44. The van der Waals surface area contributed by atoms with Crippen molar-refractivity contribution >= 4 is 27.5 Å². The Hall–Kier alpha value is -3.72. The quantitative estimate of drug-likeness (QED) is 0.370. The predicted molar refractivity (Wildman–Crippen MR) is 154 cm³/mol. The molecule has 9 heteroatoms. The lowest BCUT2D eigenvalue weighted by Crippen LogP contribution is -2.52. The molecule has 0 heterocycles.